The minimum Gasteiger partial charge on any atom is -0.354 e. The predicted molar refractivity (Wildman–Crippen MR) is 56.0 cm³/mol. The zero-order chi connectivity index (χ0) is 9.80. The normalized spacial score (nSPS) is 28.1. The molecule has 2 N–H and O–H groups in total. The molecule has 14 heavy (non-hydrogen) atoms. The van der Waals surface area contributed by atoms with Crippen LogP contribution in [0.3, 0.4) is 0 Å². The second-order valence-electron chi connectivity index (χ2n) is 4.54. The first-order valence-corrected chi connectivity index (χ1v) is 5.87. The maximum Gasteiger partial charge on any atom is 0.237 e. The highest BCUT2D eigenvalue weighted by atomic mass is 16.2. The molecule has 2 fully saturated rings. The summed E-state index contributed by atoms with van der Waals surface area (Å²) in [4.78, 5) is 11.7. The van der Waals surface area contributed by atoms with Crippen LogP contribution in [0.25, 0.3) is 0 Å². The molecule has 0 spiro atoms. The summed E-state index contributed by atoms with van der Waals surface area (Å²) >= 11 is 0. The molecule has 2 rings (SSSR count). The predicted octanol–water partition coefficient (Wildman–Crippen LogP) is 1.04. The average molecular weight is 196 g/mol. The van der Waals surface area contributed by atoms with Gasteiger partial charge in [0.2, 0.25) is 5.91 Å². The van der Waals surface area contributed by atoms with Crippen molar-refractivity contribution in [1.82, 2.24) is 10.6 Å². The number of hydrogen-bond donors (Lipinski definition) is 2. The van der Waals surface area contributed by atoms with Crippen molar-refractivity contribution >= 4 is 5.91 Å². The summed E-state index contributed by atoms with van der Waals surface area (Å²) < 4.78 is 0. The number of hydrogen-bond acceptors (Lipinski definition) is 2. The van der Waals surface area contributed by atoms with Gasteiger partial charge in [0.05, 0.1) is 6.04 Å². The Hall–Kier alpha value is -0.570. The number of carbonyl (C=O) groups excluding carboxylic acids is 1. The monoisotopic (exact) mass is 196 g/mol. The largest absolute Gasteiger partial charge is 0.354 e. The molecule has 80 valence electrons. The van der Waals surface area contributed by atoms with Crippen molar-refractivity contribution in [2.24, 2.45) is 5.92 Å². The minimum absolute atomic E-state index is 0.0869. The smallest absolute Gasteiger partial charge is 0.237 e. The van der Waals surface area contributed by atoms with Crippen LogP contribution in [0, 0.1) is 5.92 Å². The summed E-state index contributed by atoms with van der Waals surface area (Å²) in [5, 5.41) is 6.32. The molecule has 1 unspecified atom stereocenters. The van der Waals surface area contributed by atoms with Crippen molar-refractivity contribution in [3.63, 3.8) is 0 Å². The summed E-state index contributed by atoms with van der Waals surface area (Å²) in [6.45, 7) is 1.90. The van der Waals surface area contributed by atoms with Crippen LogP contribution in [-0.2, 0) is 4.79 Å². The van der Waals surface area contributed by atoms with Gasteiger partial charge in [0.25, 0.3) is 0 Å². The lowest BCUT2D eigenvalue weighted by Crippen LogP contribution is -2.48. The summed E-state index contributed by atoms with van der Waals surface area (Å²) in [6, 6.07) is 0.0869. The molecular formula is C11H20N2O. The quantitative estimate of drug-likeness (QED) is 0.708. The van der Waals surface area contributed by atoms with Crippen LogP contribution in [0.1, 0.15) is 38.5 Å². The molecule has 0 aromatic carbocycles. The lowest BCUT2D eigenvalue weighted by molar-refractivity contribution is -0.124. The standard InChI is InChI=1S/C11H20N2O/c14-11(10-6-1-2-7-12-10)13-8-9-4-3-5-9/h9-10,12H,1-8H2,(H,13,14). The molecule has 1 amide bonds. The highest BCUT2D eigenvalue weighted by Gasteiger charge is 2.22. The first-order valence-electron chi connectivity index (χ1n) is 5.87. The maximum absolute atomic E-state index is 11.7. The molecular weight excluding hydrogens is 176 g/mol. The average Bonchev–Trinajstić information content (AvgIpc) is 2.16. The summed E-state index contributed by atoms with van der Waals surface area (Å²) in [5.41, 5.74) is 0. The van der Waals surface area contributed by atoms with Crippen molar-refractivity contribution in [3.8, 4) is 0 Å². The fourth-order valence-corrected chi connectivity index (χ4v) is 2.14. The van der Waals surface area contributed by atoms with E-state index < -0.39 is 0 Å². The highest BCUT2D eigenvalue weighted by molar-refractivity contribution is 5.81. The van der Waals surface area contributed by atoms with Crippen LogP contribution >= 0.6 is 0 Å². The molecule has 1 heterocycles. The minimum atomic E-state index is 0.0869. The van der Waals surface area contributed by atoms with E-state index >= 15 is 0 Å². The number of rotatable bonds is 3. The van der Waals surface area contributed by atoms with Crippen molar-refractivity contribution in [2.45, 2.75) is 44.6 Å². The van der Waals surface area contributed by atoms with Crippen LogP contribution in [0.15, 0.2) is 0 Å². The second-order valence-corrected chi connectivity index (χ2v) is 4.54. The van der Waals surface area contributed by atoms with Gasteiger partial charge in [-0.05, 0) is 38.1 Å². The van der Waals surface area contributed by atoms with E-state index in [1.807, 2.05) is 0 Å². The Morgan fingerprint density at radius 2 is 2.07 bits per heavy atom. The molecule has 0 aromatic rings. The van der Waals surface area contributed by atoms with Gasteiger partial charge in [-0.25, -0.2) is 0 Å². The lowest BCUT2D eigenvalue weighted by atomic mass is 9.85. The van der Waals surface area contributed by atoms with Crippen molar-refractivity contribution in [3.05, 3.63) is 0 Å². The molecule has 1 saturated heterocycles. The summed E-state index contributed by atoms with van der Waals surface area (Å²) in [5.74, 6) is 0.985. The summed E-state index contributed by atoms with van der Waals surface area (Å²) in [7, 11) is 0. The Kier molecular flexibility index (Phi) is 3.40. The van der Waals surface area contributed by atoms with E-state index in [9.17, 15) is 4.79 Å². The van der Waals surface area contributed by atoms with Crippen LogP contribution in [0.2, 0.25) is 0 Å². The molecule has 1 aliphatic heterocycles. The molecule has 0 aromatic heterocycles. The molecule has 1 aliphatic carbocycles. The molecule has 2 aliphatic rings. The topological polar surface area (TPSA) is 41.1 Å². The van der Waals surface area contributed by atoms with E-state index in [2.05, 4.69) is 10.6 Å². The van der Waals surface area contributed by atoms with Crippen LogP contribution in [-0.4, -0.2) is 25.0 Å². The Balaban J connectivity index is 1.65. The Bertz CT molecular complexity index is 195. The Morgan fingerprint density at radius 1 is 1.21 bits per heavy atom. The van der Waals surface area contributed by atoms with Gasteiger partial charge in [0, 0.05) is 6.54 Å². The first kappa shape index (κ1) is 9.97. The van der Waals surface area contributed by atoms with Gasteiger partial charge in [-0.2, -0.15) is 0 Å². The van der Waals surface area contributed by atoms with E-state index in [1.54, 1.807) is 0 Å². The summed E-state index contributed by atoms with van der Waals surface area (Å²) in [6.07, 6.45) is 7.37. The Morgan fingerprint density at radius 3 is 2.64 bits per heavy atom. The molecule has 0 radical (unpaired) electrons. The van der Waals surface area contributed by atoms with Crippen molar-refractivity contribution in [1.29, 1.82) is 0 Å². The van der Waals surface area contributed by atoms with Gasteiger partial charge in [0.1, 0.15) is 0 Å². The number of piperidine rings is 1. The maximum atomic E-state index is 11.7. The molecule has 3 heteroatoms. The zero-order valence-electron chi connectivity index (χ0n) is 8.72. The number of nitrogens with one attached hydrogen (secondary N) is 2. The van der Waals surface area contributed by atoms with Gasteiger partial charge in [0.15, 0.2) is 0 Å². The number of amides is 1. The third-order valence-electron chi connectivity index (χ3n) is 3.42. The van der Waals surface area contributed by atoms with Gasteiger partial charge < -0.3 is 10.6 Å². The van der Waals surface area contributed by atoms with Crippen molar-refractivity contribution < 1.29 is 4.79 Å². The molecule has 3 nitrogen and oxygen atoms in total. The Labute approximate surface area is 85.6 Å². The van der Waals surface area contributed by atoms with E-state index in [1.165, 1.54) is 32.1 Å². The van der Waals surface area contributed by atoms with E-state index in [-0.39, 0.29) is 11.9 Å². The van der Waals surface area contributed by atoms with Gasteiger partial charge in [-0.1, -0.05) is 12.8 Å². The second kappa shape index (κ2) is 4.78. The third kappa shape index (κ3) is 2.47. The first-order chi connectivity index (χ1) is 6.86. The lowest BCUT2D eigenvalue weighted by Gasteiger charge is -2.27. The van der Waals surface area contributed by atoms with Crippen molar-refractivity contribution in [2.75, 3.05) is 13.1 Å². The molecule has 0 bridgehead atoms. The van der Waals surface area contributed by atoms with Crippen LogP contribution in [0.5, 0.6) is 0 Å². The SMILES string of the molecule is O=C(NCC1CCC1)C1CCCCN1. The highest BCUT2D eigenvalue weighted by Crippen LogP contribution is 2.25. The third-order valence-corrected chi connectivity index (χ3v) is 3.42. The number of carbonyl (C=O) groups is 1. The van der Waals surface area contributed by atoms with Crippen LogP contribution in [0.4, 0.5) is 0 Å². The van der Waals surface area contributed by atoms with E-state index in [0.717, 1.165) is 25.4 Å². The fraction of sp³-hybridized carbons (Fsp3) is 0.909. The van der Waals surface area contributed by atoms with Gasteiger partial charge in [-0.15, -0.1) is 0 Å². The van der Waals surface area contributed by atoms with Crippen LogP contribution < -0.4 is 10.6 Å². The fourth-order valence-electron chi connectivity index (χ4n) is 2.14. The zero-order valence-corrected chi connectivity index (χ0v) is 8.72. The van der Waals surface area contributed by atoms with Gasteiger partial charge in [-0.3, -0.25) is 4.79 Å². The van der Waals surface area contributed by atoms with E-state index in [0.29, 0.717) is 0 Å². The van der Waals surface area contributed by atoms with E-state index in [4.69, 9.17) is 0 Å². The van der Waals surface area contributed by atoms with Gasteiger partial charge >= 0.3 is 0 Å². The molecule has 1 atom stereocenters. The molecule has 1 saturated carbocycles.